The summed E-state index contributed by atoms with van der Waals surface area (Å²) in [6, 6.07) is 13.1. The number of thioether (sulfide) groups is 1. The molecule has 1 unspecified atom stereocenters. The number of benzene rings is 2. The lowest BCUT2D eigenvalue weighted by atomic mass is 10.2. The number of carbonyl (C=O) groups excluding carboxylic acids is 1. The van der Waals surface area contributed by atoms with Gasteiger partial charge < -0.3 is 5.32 Å². The number of fused-ring (bicyclic) bond motifs is 1. The van der Waals surface area contributed by atoms with Crippen molar-refractivity contribution in [2.24, 2.45) is 0 Å². The van der Waals surface area contributed by atoms with Crippen LogP contribution in [-0.4, -0.2) is 21.2 Å². The van der Waals surface area contributed by atoms with E-state index in [1.807, 2.05) is 19.9 Å². The van der Waals surface area contributed by atoms with E-state index in [0.29, 0.717) is 16.1 Å². The van der Waals surface area contributed by atoms with Gasteiger partial charge in [0.1, 0.15) is 5.82 Å². The van der Waals surface area contributed by atoms with Crippen molar-refractivity contribution < 1.29 is 9.18 Å². The molecule has 3 aromatic rings. The molecule has 1 heterocycles. The largest absolute Gasteiger partial charge is 0.323 e. The van der Waals surface area contributed by atoms with Crippen LogP contribution in [0.1, 0.15) is 26.3 Å². The smallest absolute Gasteiger partial charge is 0.262 e. The van der Waals surface area contributed by atoms with Gasteiger partial charge in [-0.3, -0.25) is 14.2 Å². The van der Waals surface area contributed by atoms with Crippen molar-refractivity contribution >= 4 is 34.3 Å². The monoisotopic (exact) mass is 385 g/mol. The zero-order valence-electron chi connectivity index (χ0n) is 15.1. The quantitative estimate of drug-likeness (QED) is 0.509. The van der Waals surface area contributed by atoms with Crippen LogP contribution < -0.4 is 10.9 Å². The van der Waals surface area contributed by atoms with Gasteiger partial charge in [-0.05, 0) is 37.6 Å². The second-order valence-electron chi connectivity index (χ2n) is 6.16. The van der Waals surface area contributed by atoms with Gasteiger partial charge in [-0.15, -0.1) is 0 Å². The summed E-state index contributed by atoms with van der Waals surface area (Å²) in [5.41, 5.74) is 0.611. The number of amides is 1. The Kier molecular flexibility index (Phi) is 5.91. The van der Waals surface area contributed by atoms with Gasteiger partial charge in [-0.1, -0.05) is 43.0 Å². The maximum Gasteiger partial charge on any atom is 0.262 e. The summed E-state index contributed by atoms with van der Waals surface area (Å²) in [7, 11) is 0. The number of nitrogens with zero attached hydrogens (tertiary/aromatic N) is 2. The van der Waals surface area contributed by atoms with Gasteiger partial charge in [0, 0.05) is 6.04 Å². The third kappa shape index (κ3) is 4.19. The van der Waals surface area contributed by atoms with E-state index in [1.54, 1.807) is 34.9 Å². The predicted octanol–water partition coefficient (Wildman–Crippen LogP) is 4.24. The van der Waals surface area contributed by atoms with E-state index in [9.17, 15) is 14.0 Å². The number of hydrogen-bond acceptors (Lipinski definition) is 4. The third-order valence-electron chi connectivity index (χ3n) is 4.29. The van der Waals surface area contributed by atoms with Gasteiger partial charge in [0.2, 0.25) is 5.91 Å². The number of para-hydroxylation sites is 2. The normalized spacial score (nSPS) is 12.1. The van der Waals surface area contributed by atoms with Crippen molar-refractivity contribution in [2.75, 3.05) is 11.1 Å². The second kappa shape index (κ2) is 8.35. The average molecular weight is 385 g/mol. The Hall–Kier alpha value is -2.67. The fourth-order valence-corrected chi connectivity index (χ4v) is 3.57. The standard InChI is InChI=1S/C20H20FN3O2S/c1-3-13(2)24-19(26)14-8-4-6-10-16(14)23-20(24)27-12-18(25)22-17-11-7-5-9-15(17)21/h4-11,13H,3,12H2,1-2H3,(H,22,25). The molecule has 2 aromatic carbocycles. The first-order valence-corrected chi connectivity index (χ1v) is 9.68. The molecule has 0 fully saturated rings. The van der Waals surface area contributed by atoms with E-state index in [0.717, 1.165) is 6.42 Å². The molecule has 0 spiro atoms. The Bertz CT molecular complexity index is 1040. The first-order valence-electron chi connectivity index (χ1n) is 8.69. The summed E-state index contributed by atoms with van der Waals surface area (Å²) in [5.74, 6) is -0.824. The summed E-state index contributed by atoms with van der Waals surface area (Å²) in [4.78, 5) is 29.7. The zero-order valence-corrected chi connectivity index (χ0v) is 15.9. The number of carbonyl (C=O) groups is 1. The molecule has 5 nitrogen and oxygen atoms in total. The van der Waals surface area contributed by atoms with Crippen molar-refractivity contribution in [3.63, 3.8) is 0 Å². The van der Waals surface area contributed by atoms with Crippen molar-refractivity contribution in [2.45, 2.75) is 31.5 Å². The topological polar surface area (TPSA) is 64.0 Å². The summed E-state index contributed by atoms with van der Waals surface area (Å²) in [5, 5.41) is 3.58. The maximum absolute atomic E-state index is 13.7. The molecule has 1 amide bonds. The minimum absolute atomic E-state index is 0.0234. The highest BCUT2D eigenvalue weighted by Crippen LogP contribution is 2.23. The molecule has 0 radical (unpaired) electrons. The van der Waals surface area contributed by atoms with E-state index in [1.165, 1.54) is 23.9 Å². The minimum Gasteiger partial charge on any atom is -0.323 e. The van der Waals surface area contributed by atoms with Gasteiger partial charge in [0.15, 0.2) is 5.16 Å². The van der Waals surface area contributed by atoms with Crippen LogP contribution in [0.25, 0.3) is 10.9 Å². The van der Waals surface area contributed by atoms with E-state index >= 15 is 0 Å². The number of nitrogens with one attached hydrogen (secondary N) is 1. The van der Waals surface area contributed by atoms with Gasteiger partial charge in [-0.25, -0.2) is 9.37 Å². The fourth-order valence-electron chi connectivity index (χ4n) is 2.68. The molecule has 0 saturated heterocycles. The summed E-state index contributed by atoms with van der Waals surface area (Å²) < 4.78 is 15.3. The molecule has 0 saturated carbocycles. The average Bonchev–Trinajstić information content (AvgIpc) is 2.68. The van der Waals surface area contributed by atoms with Crippen LogP contribution in [-0.2, 0) is 4.79 Å². The van der Waals surface area contributed by atoms with E-state index in [4.69, 9.17) is 0 Å². The Labute approximate surface area is 160 Å². The SMILES string of the molecule is CCC(C)n1c(SCC(=O)Nc2ccccc2F)nc2ccccc2c1=O. The van der Waals surface area contributed by atoms with Crippen LogP contribution in [0.3, 0.4) is 0 Å². The summed E-state index contributed by atoms with van der Waals surface area (Å²) in [6.07, 6.45) is 0.759. The second-order valence-corrected chi connectivity index (χ2v) is 7.10. The Balaban J connectivity index is 1.86. The molecule has 0 bridgehead atoms. The van der Waals surface area contributed by atoms with Crippen LogP contribution in [0.5, 0.6) is 0 Å². The van der Waals surface area contributed by atoms with Gasteiger partial charge in [-0.2, -0.15) is 0 Å². The van der Waals surface area contributed by atoms with E-state index in [-0.39, 0.29) is 28.9 Å². The molecule has 1 N–H and O–H groups in total. The van der Waals surface area contributed by atoms with Crippen LogP contribution >= 0.6 is 11.8 Å². The maximum atomic E-state index is 13.7. The van der Waals surface area contributed by atoms with Crippen molar-refractivity contribution in [3.8, 4) is 0 Å². The van der Waals surface area contributed by atoms with Crippen molar-refractivity contribution in [3.05, 3.63) is 64.7 Å². The van der Waals surface area contributed by atoms with Gasteiger partial charge >= 0.3 is 0 Å². The molecule has 1 atom stereocenters. The van der Waals surface area contributed by atoms with Crippen molar-refractivity contribution in [1.29, 1.82) is 0 Å². The van der Waals surface area contributed by atoms with Crippen LogP contribution in [0, 0.1) is 5.82 Å². The summed E-state index contributed by atoms with van der Waals surface area (Å²) in [6.45, 7) is 3.94. The third-order valence-corrected chi connectivity index (χ3v) is 5.24. The number of aromatic nitrogens is 2. The fraction of sp³-hybridized carbons (Fsp3) is 0.250. The molecule has 27 heavy (non-hydrogen) atoms. The lowest BCUT2D eigenvalue weighted by Crippen LogP contribution is -2.26. The Morgan fingerprint density at radius 1 is 1.22 bits per heavy atom. The Morgan fingerprint density at radius 3 is 2.67 bits per heavy atom. The number of rotatable bonds is 6. The van der Waals surface area contributed by atoms with Crippen LogP contribution in [0.15, 0.2) is 58.5 Å². The number of anilines is 1. The molecule has 0 aliphatic rings. The van der Waals surface area contributed by atoms with E-state index < -0.39 is 5.82 Å². The number of hydrogen-bond donors (Lipinski definition) is 1. The summed E-state index contributed by atoms with van der Waals surface area (Å²) >= 11 is 1.17. The lowest BCUT2D eigenvalue weighted by Gasteiger charge is -2.18. The molecule has 3 rings (SSSR count). The van der Waals surface area contributed by atoms with Gasteiger partial charge in [0.25, 0.3) is 5.56 Å². The Morgan fingerprint density at radius 2 is 1.93 bits per heavy atom. The van der Waals surface area contributed by atoms with Crippen molar-refractivity contribution in [1.82, 2.24) is 9.55 Å². The molecule has 1 aromatic heterocycles. The van der Waals surface area contributed by atoms with Crippen LogP contribution in [0.2, 0.25) is 0 Å². The molecule has 0 aliphatic heterocycles. The highest BCUT2D eigenvalue weighted by molar-refractivity contribution is 7.99. The van der Waals surface area contributed by atoms with Gasteiger partial charge in [0.05, 0.1) is 22.3 Å². The lowest BCUT2D eigenvalue weighted by molar-refractivity contribution is -0.113. The molecule has 140 valence electrons. The zero-order chi connectivity index (χ0) is 19.4. The predicted molar refractivity (Wildman–Crippen MR) is 107 cm³/mol. The first kappa shape index (κ1) is 19.1. The minimum atomic E-state index is -0.490. The van der Waals surface area contributed by atoms with E-state index in [2.05, 4.69) is 10.3 Å². The highest BCUT2D eigenvalue weighted by Gasteiger charge is 2.17. The molecule has 7 heteroatoms. The molecular formula is C20H20FN3O2S. The molecule has 0 aliphatic carbocycles. The molecular weight excluding hydrogens is 365 g/mol. The highest BCUT2D eigenvalue weighted by atomic mass is 32.2. The first-order chi connectivity index (χ1) is 13.0. The number of halogens is 1. The van der Waals surface area contributed by atoms with Crippen LogP contribution in [0.4, 0.5) is 10.1 Å².